The first-order chi connectivity index (χ1) is 6.77. The number of hydrogen-bond donors (Lipinski definition) is 0. The molecule has 0 aromatic carbocycles. The van der Waals surface area contributed by atoms with Gasteiger partial charge in [-0.25, -0.2) is 0 Å². The lowest BCUT2D eigenvalue weighted by Crippen LogP contribution is -2.29. The zero-order valence-electron chi connectivity index (χ0n) is 9.62. The first kappa shape index (κ1) is 11.5. The molecule has 3 heteroatoms. The fraction of sp³-hybridized carbons (Fsp3) is 0.909. The summed E-state index contributed by atoms with van der Waals surface area (Å²) in [6, 6.07) is 0.506. The normalized spacial score (nSPS) is 23.2. The molecule has 0 aromatic rings. The van der Waals surface area contributed by atoms with E-state index in [4.69, 9.17) is 4.74 Å². The average molecular weight is 198 g/mol. The molecule has 0 spiro atoms. The predicted molar refractivity (Wildman–Crippen MR) is 59.6 cm³/mol. The molecule has 0 aromatic heterocycles. The van der Waals surface area contributed by atoms with Crippen molar-refractivity contribution in [2.45, 2.75) is 45.6 Å². The van der Waals surface area contributed by atoms with Gasteiger partial charge in [-0.15, -0.1) is 0 Å². The maximum absolute atomic E-state index is 5.19. The molecule has 0 radical (unpaired) electrons. The van der Waals surface area contributed by atoms with E-state index in [1.54, 1.807) is 7.11 Å². The van der Waals surface area contributed by atoms with Gasteiger partial charge in [0.2, 0.25) is 0 Å². The summed E-state index contributed by atoms with van der Waals surface area (Å²) in [5.74, 6) is 0. The van der Waals surface area contributed by atoms with Gasteiger partial charge in [0.05, 0.1) is 12.6 Å². The minimum atomic E-state index is 0.506. The SMILES string of the molecule is CCC/C(C)=N/N1CCC[C@@H]1COC. The molecule has 1 atom stereocenters. The molecular formula is C11H22N2O. The van der Waals surface area contributed by atoms with E-state index in [9.17, 15) is 0 Å². The highest BCUT2D eigenvalue weighted by Gasteiger charge is 2.22. The fourth-order valence-corrected chi connectivity index (χ4v) is 1.94. The Morgan fingerprint density at radius 1 is 1.57 bits per heavy atom. The van der Waals surface area contributed by atoms with E-state index in [1.165, 1.54) is 25.0 Å². The van der Waals surface area contributed by atoms with Crippen LogP contribution in [0.5, 0.6) is 0 Å². The number of ether oxygens (including phenoxy) is 1. The maximum Gasteiger partial charge on any atom is 0.0704 e. The van der Waals surface area contributed by atoms with Crippen LogP contribution >= 0.6 is 0 Å². The summed E-state index contributed by atoms with van der Waals surface area (Å²) in [5.41, 5.74) is 1.25. The first-order valence-corrected chi connectivity index (χ1v) is 5.57. The zero-order chi connectivity index (χ0) is 10.4. The van der Waals surface area contributed by atoms with Crippen molar-refractivity contribution in [3.63, 3.8) is 0 Å². The molecule has 0 bridgehead atoms. The summed E-state index contributed by atoms with van der Waals surface area (Å²) in [6.07, 6.45) is 4.75. The van der Waals surface area contributed by atoms with Crippen LogP contribution in [0.4, 0.5) is 0 Å². The van der Waals surface area contributed by atoms with Gasteiger partial charge in [0, 0.05) is 19.4 Å². The molecule has 1 fully saturated rings. The van der Waals surface area contributed by atoms with Gasteiger partial charge in [-0.2, -0.15) is 5.10 Å². The molecule has 0 unspecified atom stereocenters. The summed E-state index contributed by atoms with van der Waals surface area (Å²) in [5, 5.41) is 6.84. The van der Waals surface area contributed by atoms with Gasteiger partial charge in [0.1, 0.15) is 0 Å². The van der Waals surface area contributed by atoms with Crippen molar-refractivity contribution < 1.29 is 4.74 Å². The molecule has 0 amide bonds. The predicted octanol–water partition coefficient (Wildman–Crippen LogP) is 2.27. The molecular weight excluding hydrogens is 176 g/mol. The molecule has 82 valence electrons. The highest BCUT2D eigenvalue weighted by molar-refractivity contribution is 5.81. The van der Waals surface area contributed by atoms with E-state index in [0.717, 1.165) is 19.6 Å². The minimum Gasteiger partial charge on any atom is -0.382 e. The monoisotopic (exact) mass is 198 g/mol. The van der Waals surface area contributed by atoms with Crippen LogP contribution in [-0.4, -0.2) is 37.0 Å². The second-order valence-corrected chi connectivity index (χ2v) is 4.00. The van der Waals surface area contributed by atoms with E-state index < -0.39 is 0 Å². The van der Waals surface area contributed by atoms with Crippen molar-refractivity contribution >= 4 is 5.71 Å². The van der Waals surface area contributed by atoms with Gasteiger partial charge in [-0.3, -0.25) is 5.01 Å². The molecule has 14 heavy (non-hydrogen) atoms. The quantitative estimate of drug-likeness (QED) is 0.633. The average Bonchev–Trinajstić information content (AvgIpc) is 2.54. The molecule has 0 aliphatic carbocycles. The Kier molecular flexibility index (Phi) is 4.94. The van der Waals surface area contributed by atoms with Crippen LogP contribution in [0.15, 0.2) is 5.10 Å². The largest absolute Gasteiger partial charge is 0.382 e. The summed E-state index contributed by atoms with van der Waals surface area (Å²) in [6.45, 7) is 6.21. The Balaban J connectivity index is 2.45. The van der Waals surface area contributed by atoms with Crippen LogP contribution in [0.3, 0.4) is 0 Å². The van der Waals surface area contributed by atoms with Gasteiger partial charge in [-0.1, -0.05) is 13.3 Å². The number of methoxy groups -OCH3 is 1. The van der Waals surface area contributed by atoms with Crippen LogP contribution in [0.1, 0.15) is 39.5 Å². The van der Waals surface area contributed by atoms with Crippen molar-refractivity contribution in [1.29, 1.82) is 0 Å². The van der Waals surface area contributed by atoms with Gasteiger partial charge in [-0.05, 0) is 26.2 Å². The third-order valence-electron chi connectivity index (χ3n) is 2.62. The number of rotatable bonds is 5. The van der Waals surface area contributed by atoms with E-state index >= 15 is 0 Å². The van der Waals surface area contributed by atoms with Crippen LogP contribution < -0.4 is 0 Å². The molecule has 1 heterocycles. The topological polar surface area (TPSA) is 24.8 Å². The van der Waals surface area contributed by atoms with Crippen LogP contribution in [0.25, 0.3) is 0 Å². The second kappa shape index (κ2) is 6.02. The van der Waals surface area contributed by atoms with Crippen molar-refractivity contribution in [2.75, 3.05) is 20.3 Å². The smallest absolute Gasteiger partial charge is 0.0704 e. The number of nitrogens with zero attached hydrogens (tertiary/aromatic N) is 2. The maximum atomic E-state index is 5.19. The third-order valence-corrected chi connectivity index (χ3v) is 2.62. The van der Waals surface area contributed by atoms with E-state index in [0.29, 0.717) is 6.04 Å². The van der Waals surface area contributed by atoms with E-state index in [2.05, 4.69) is 24.0 Å². The van der Waals surface area contributed by atoms with E-state index in [-0.39, 0.29) is 0 Å². The lowest BCUT2D eigenvalue weighted by atomic mass is 10.2. The molecule has 0 N–H and O–H groups in total. The zero-order valence-corrected chi connectivity index (χ0v) is 9.62. The van der Waals surface area contributed by atoms with Gasteiger partial charge in [0.15, 0.2) is 0 Å². The lowest BCUT2D eigenvalue weighted by molar-refractivity contribution is 0.117. The molecule has 0 saturated carbocycles. The van der Waals surface area contributed by atoms with Crippen LogP contribution in [0.2, 0.25) is 0 Å². The highest BCUT2D eigenvalue weighted by Crippen LogP contribution is 2.18. The number of hydrogen-bond acceptors (Lipinski definition) is 3. The standard InChI is InChI=1S/C11H22N2O/c1-4-6-10(2)12-13-8-5-7-11(13)9-14-3/h11H,4-9H2,1-3H3/b12-10+/t11-/m1/s1. The molecule has 1 aliphatic heterocycles. The third kappa shape index (κ3) is 3.29. The molecule has 1 rings (SSSR count). The van der Waals surface area contributed by atoms with Gasteiger partial charge >= 0.3 is 0 Å². The van der Waals surface area contributed by atoms with Crippen molar-refractivity contribution in [3.8, 4) is 0 Å². The van der Waals surface area contributed by atoms with Crippen LogP contribution in [-0.2, 0) is 4.74 Å². The van der Waals surface area contributed by atoms with Crippen LogP contribution in [0, 0.1) is 0 Å². The highest BCUT2D eigenvalue weighted by atomic mass is 16.5. The Morgan fingerprint density at radius 3 is 3.00 bits per heavy atom. The first-order valence-electron chi connectivity index (χ1n) is 5.57. The second-order valence-electron chi connectivity index (χ2n) is 4.00. The molecule has 3 nitrogen and oxygen atoms in total. The fourth-order valence-electron chi connectivity index (χ4n) is 1.94. The van der Waals surface area contributed by atoms with Crippen molar-refractivity contribution in [3.05, 3.63) is 0 Å². The van der Waals surface area contributed by atoms with E-state index in [1.807, 2.05) is 0 Å². The Labute approximate surface area is 87.1 Å². The van der Waals surface area contributed by atoms with Crippen molar-refractivity contribution in [2.24, 2.45) is 5.10 Å². The minimum absolute atomic E-state index is 0.506. The molecule has 1 aliphatic rings. The Hall–Kier alpha value is -0.570. The molecule has 1 saturated heterocycles. The lowest BCUT2D eigenvalue weighted by Gasteiger charge is -2.21. The van der Waals surface area contributed by atoms with Gasteiger partial charge < -0.3 is 4.74 Å². The van der Waals surface area contributed by atoms with Gasteiger partial charge in [0.25, 0.3) is 0 Å². The summed E-state index contributed by atoms with van der Waals surface area (Å²) >= 11 is 0. The summed E-state index contributed by atoms with van der Waals surface area (Å²) in [4.78, 5) is 0. The summed E-state index contributed by atoms with van der Waals surface area (Å²) in [7, 11) is 1.76. The number of hydrazone groups is 1. The van der Waals surface area contributed by atoms with Crippen molar-refractivity contribution in [1.82, 2.24) is 5.01 Å². The Morgan fingerprint density at radius 2 is 2.36 bits per heavy atom. The summed E-state index contributed by atoms with van der Waals surface area (Å²) < 4.78 is 5.19. The Bertz CT molecular complexity index is 192.